The normalized spacial score (nSPS) is 12.8. The van der Waals surface area contributed by atoms with E-state index in [4.69, 9.17) is 21.5 Å². The van der Waals surface area contributed by atoms with E-state index in [1.807, 2.05) is 48.5 Å². The van der Waals surface area contributed by atoms with Gasteiger partial charge in [0.15, 0.2) is 6.10 Å². The van der Waals surface area contributed by atoms with Crippen LogP contribution in [0, 0.1) is 0 Å². The zero-order valence-electron chi connectivity index (χ0n) is 21.6. The molecule has 0 heterocycles. The van der Waals surface area contributed by atoms with Crippen molar-refractivity contribution >= 4 is 41.9 Å². The second-order valence-corrected chi connectivity index (χ2v) is 9.03. The number of hydrogen-bond acceptors (Lipinski definition) is 6. The average Bonchev–Trinajstić information content (AvgIpc) is 3.24. The van der Waals surface area contributed by atoms with Gasteiger partial charge in [-0.15, -0.1) is 0 Å². The van der Waals surface area contributed by atoms with Gasteiger partial charge in [-0.25, -0.2) is 4.79 Å². The fourth-order valence-electron chi connectivity index (χ4n) is 4.43. The molecule has 0 aromatic heterocycles. The molecule has 0 unspecified atom stereocenters. The van der Waals surface area contributed by atoms with Gasteiger partial charge in [-0.3, -0.25) is 24.1 Å². The van der Waals surface area contributed by atoms with Crippen molar-refractivity contribution in [3.05, 3.63) is 70.7 Å². The van der Waals surface area contributed by atoms with E-state index in [9.17, 15) is 24.0 Å². The zero-order valence-corrected chi connectivity index (χ0v) is 21.6. The first kappa shape index (κ1) is 29.3. The molecule has 3 N–H and O–H groups in total. The van der Waals surface area contributed by atoms with Crippen LogP contribution in [0.25, 0.3) is 22.2 Å². The predicted octanol–water partition coefficient (Wildman–Crippen LogP) is 1.46. The maximum atomic E-state index is 13.3. The number of carbonyl (C=O) groups excluding carboxylic acids is 5. The van der Waals surface area contributed by atoms with Crippen LogP contribution in [0.3, 0.4) is 0 Å². The molecule has 13 heteroatoms. The van der Waals surface area contributed by atoms with Crippen molar-refractivity contribution in [2.75, 3.05) is 7.05 Å². The summed E-state index contributed by atoms with van der Waals surface area (Å²) in [6.07, 6.45) is -1.23. The van der Waals surface area contributed by atoms with E-state index in [-0.39, 0.29) is 25.7 Å². The molecule has 40 heavy (non-hydrogen) atoms. The summed E-state index contributed by atoms with van der Waals surface area (Å²) in [7, 11) is 1.31. The number of ether oxygens (including phenoxy) is 1. The number of ketones is 2. The van der Waals surface area contributed by atoms with E-state index < -0.39 is 47.7 Å². The molecule has 0 radical (unpaired) electrons. The SMILES string of the molecule is CN(C(=O)OC1c2ccccc2-c2ccccc21)[C@@H](CCC(=O)C=[N+]=[N-])C(=O)N[C@@H](CCC(=O)C=[N+]=[N-])C(N)=O. The Morgan fingerprint density at radius 3 is 1.93 bits per heavy atom. The number of amides is 3. The Morgan fingerprint density at radius 2 is 1.43 bits per heavy atom. The van der Waals surface area contributed by atoms with E-state index in [1.165, 1.54) is 7.05 Å². The molecule has 206 valence electrons. The number of nitrogens with one attached hydrogen (secondary N) is 1. The van der Waals surface area contributed by atoms with Gasteiger partial charge in [0, 0.05) is 31.0 Å². The first-order valence-corrected chi connectivity index (χ1v) is 12.3. The van der Waals surface area contributed by atoms with Crippen LogP contribution in [0.2, 0.25) is 0 Å². The van der Waals surface area contributed by atoms with Crippen LogP contribution in [0.1, 0.15) is 42.9 Å². The summed E-state index contributed by atoms with van der Waals surface area (Å²) in [6, 6.07) is 12.3. The fourth-order valence-corrected chi connectivity index (χ4v) is 4.43. The van der Waals surface area contributed by atoms with Crippen molar-refractivity contribution in [3.63, 3.8) is 0 Å². The maximum Gasteiger partial charge on any atom is 0.411 e. The highest BCUT2D eigenvalue weighted by Gasteiger charge is 2.36. The van der Waals surface area contributed by atoms with Gasteiger partial charge in [0.05, 0.1) is 0 Å². The molecule has 0 bridgehead atoms. The minimum atomic E-state index is -1.30. The third kappa shape index (κ3) is 6.98. The number of nitrogens with two attached hydrogens (primary N) is 1. The molecule has 13 nitrogen and oxygen atoms in total. The monoisotopic (exact) mass is 545 g/mol. The van der Waals surface area contributed by atoms with E-state index in [2.05, 4.69) is 14.9 Å². The lowest BCUT2D eigenvalue weighted by Crippen LogP contribution is -2.53. The van der Waals surface area contributed by atoms with Crippen LogP contribution in [-0.2, 0) is 23.9 Å². The number of Topliss-reactive ketones (excluding diaryl/α,β-unsaturated/α-hetero) is 2. The summed E-state index contributed by atoms with van der Waals surface area (Å²) in [6.45, 7) is 0. The lowest BCUT2D eigenvalue weighted by atomic mass is 10.0. The van der Waals surface area contributed by atoms with Gasteiger partial charge < -0.3 is 26.8 Å². The summed E-state index contributed by atoms with van der Waals surface area (Å²) in [5, 5.41) is 2.41. The van der Waals surface area contributed by atoms with Gasteiger partial charge in [0.25, 0.3) is 0 Å². The first-order valence-electron chi connectivity index (χ1n) is 12.3. The molecule has 0 saturated carbocycles. The number of rotatable bonds is 13. The van der Waals surface area contributed by atoms with Crippen molar-refractivity contribution in [3.8, 4) is 11.1 Å². The van der Waals surface area contributed by atoms with Gasteiger partial charge in [-0.05, 0) is 24.0 Å². The highest BCUT2D eigenvalue weighted by molar-refractivity contribution is 6.25. The summed E-state index contributed by atoms with van der Waals surface area (Å²) in [5.74, 6) is -2.98. The third-order valence-electron chi connectivity index (χ3n) is 6.46. The molecular formula is C27H27N7O6. The molecule has 0 saturated heterocycles. The Hall–Kier alpha value is -5.25. The largest absolute Gasteiger partial charge is 0.436 e. The summed E-state index contributed by atoms with van der Waals surface area (Å²) >= 11 is 0. The minimum Gasteiger partial charge on any atom is -0.436 e. The van der Waals surface area contributed by atoms with Crippen molar-refractivity contribution in [2.24, 2.45) is 5.73 Å². The van der Waals surface area contributed by atoms with E-state index in [1.54, 1.807) is 0 Å². The lowest BCUT2D eigenvalue weighted by molar-refractivity contribution is -0.131. The number of hydrogen-bond donors (Lipinski definition) is 2. The van der Waals surface area contributed by atoms with Gasteiger partial charge >= 0.3 is 18.5 Å². The molecule has 0 aliphatic heterocycles. The number of likely N-dealkylation sites (N-methyl/N-ethyl adjacent to an activating group) is 1. The standard InChI is InChI=1S/C27H27N7O6/c1-34(27(39)40-24-20-8-4-2-6-18(20)19-7-3-5-9-21(19)24)23(13-11-17(36)15-32-30)26(38)33-22(25(28)37)12-10-16(35)14-31-29/h2-9,14-15,22-24H,10-13H2,1H3,(H2,28,37)(H,33,38)/t22-,23-/m0/s1. The molecule has 3 amide bonds. The third-order valence-corrected chi connectivity index (χ3v) is 6.46. The Balaban J connectivity index is 1.82. The first-order chi connectivity index (χ1) is 19.2. The highest BCUT2D eigenvalue weighted by Crippen LogP contribution is 2.45. The van der Waals surface area contributed by atoms with Crippen molar-refractivity contribution in [2.45, 2.75) is 43.9 Å². The molecule has 3 rings (SSSR count). The number of benzene rings is 2. The number of carbonyl (C=O) groups is 5. The quantitative estimate of drug-likeness (QED) is 0.216. The highest BCUT2D eigenvalue weighted by atomic mass is 16.6. The van der Waals surface area contributed by atoms with Crippen LogP contribution < -0.4 is 11.1 Å². The van der Waals surface area contributed by atoms with E-state index in [0.717, 1.165) is 27.2 Å². The van der Waals surface area contributed by atoms with Crippen molar-refractivity contribution in [1.29, 1.82) is 0 Å². The van der Waals surface area contributed by atoms with Crippen LogP contribution in [0.5, 0.6) is 0 Å². The summed E-state index contributed by atoms with van der Waals surface area (Å²) < 4.78 is 5.85. The van der Waals surface area contributed by atoms with Crippen molar-refractivity contribution < 1.29 is 38.3 Å². The second-order valence-electron chi connectivity index (χ2n) is 9.03. The number of primary amides is 1. The predicted molar refractivity (Wildman–Crippen MR) is 141 cm³/mol. The number of fused-ring (bicyclic) bond motifs is 3. The Labute approximate surface area is 229 Å². The van der Waals surface area contributed by atoms with Gasteiger partial charge in [0.1, 0.15) is 12.1 Å². The van der Waals surface area contributed by atoms with Crippen molar-refractivity contribution in [1.82, 2.24) is 10.2 Å². The van der Waals surface area contributed by atoms with Gasteiger partial charge in [-0.2, -0.15) is 9.58 Å². The lowest BCUT2D eigenvalue weighted by Gasteiger charge is -2.29. The second kappa shape index (κ2) is 13.5. The van der Waals surface area contributed by atoms with E-state index in [0.29, 0.717) is 12.4 Å². The Kier molecular flexibility index (Phi) is 9.90. The molecule has 1 aliphatic rings. The molecular weight excluding hydrogens is 518 g/mol. The number of nitrogens with zero attached hydrogens (tertiary/aromatic N) is 5. The zero-order chi connectivity index (χ0) is 29.2. The Bertz CT molecular complexity index is 1380. The molecule has 2 atom stereocenters. The molecule has 0 fully saturated rings. The van der Waals surface area contributed by atoms with E-state index >= 15 is 0 Å². The van der Waals surface area contributed by atoms with Crippen LogP contribution in [0.15, 0.2) is 48.5 Å². The smallest absolute Gasteiger partial charge is 0.411 e. The molecule has 0 spiro atoms. The summed E-state index contributed by atoms with van der Waals surface area (Å²) in [5.41, 5.74) is 25.9. The molecule has 1 aliphatic carbocycles. The van der Waals surface area contributed by atoms with Gasteiger partial charge in [0.2, 0.25) is 23.4 Å². The fraction of sp³-hybridized carbons (Fsp3) is 0.296. The van der Waals surface area contributed by atoms with Gasteiger partial charge in [-0.1, -0.05) is 48.5 Å². The van der Waals surface area contributed by atoms with Crippen LogP contribution in [-0.4, -0.2) is 75.5 Å². The molecule has 2 aromatic carbocycles. The van der Waals surface area contributed by atoms with Crippen LogP contribution in [0.4, 0.5) is 4.79 Å². The molecule has 2 aromatic rings. The Morgan fingerprint density at radius 1 is 0.925 bits per heavy atom. The maximum absolute atomic E-state index is 13.3. The minimum absolute atomic E-state index is 0.196. The van der Waals surface area contributed by atoms with Crippen LogP contribution >= 0.6 is 0 Å². The average molecular weight is 546 g/mol. The topological polar surface area (TPSA) is 209 Å². The summed E-state index contributed by atoms with van der Waals surface area (Å²) in [4.78, 5) is 68.5.